The largest absolute Gasteiger partial charge is 0.392 e. The van der Waals surface area contributed by atoms with E-state index in [-0.39, 0.29) is 11.5 Å². The van der Waals surface area contributed by atoms with Gasteiger partial charge in [0.2, 0.25) is 0 Å². The molecule has 166 valence electrons. The number of likely N-dealkylation sites (N-methyl/N-ethyl adjacent to an activating group) is 2. The lowest BCUT2D eigenvalue weighted by Crippen LogP contribution is -2.66. The first kappa shape index (κ1) is 20.8. The summed E-state index contributed by atoms with van der Waals surface area (Å²) >= 11 is 0. The van der Waals surface area contributed by atoms with Gasteiger partial charge in [-0.15, -0.1) is 0 Å². The van der Waals surface area contributed by atoms with Crippen LogP contribution in [0, 0.1) is 17.8 Å². The number of rotatable bonds is 7. The van der Waals surface area contributed by atoms with Crippen LogP contribution in [-0.2, 0) is 5.41 Å². The number of anilines is 1. The molecule has 1 aromatic rings. The first-order chi connectivity index (χ1) is 14.5. The smallest absolute Gasteiger partial charge is 0.0704 e. The maximum Gasteiger partial charge on any atom is 0.0704 e. The van der Waals surface area contributed by atoms with Crippen molar-refractivity contribution in [2.75, 3.05) is 38.1 Å². The fraction of sp³-hybridized carbons (Fsp3) is 0.769. The molecule has 0 radical (unpaired) electrons. The number of para-hydroxylation sites is 1. The Kier molecular flexibility index (Phi) is 5.19. The number of fused-ring (bicyclic) bond motifs is 3. The quantitative estimate of drug-likeness (QED) is 0.743. The fourth-order valence-electron chi connectivity index (χ4n) is 8.18. The summed E-state index contributed by atoms with van der Waals surface area (Å²) in [6.07, 6.45) is 3.38. The predicted molar refractivity (Wildman–Crippen MR) is 124 cm³/mol. The van der Waals surface area contributed by atoms with Crippen LogP contribution >= 0.6 is 0 Å². The second-order valence-corrected chi connectivity index (χ2v) is 10.5. The first-order valence-electron chi connectivity index (χ1n) is 12.5. The molecule has 1 N–H and O–H groups in total. The van der Waals surface area contributed by atoms with Gasteiger partial charge in [0.05, 0.1) is 12.1 Å². The summed E-state index contributed by atoms with van der Waals surface area (Å²) < 4.78 is 0. The van der Waals surface area contributed by atoms with Gasteiger partial charge in [-0.05, 0) is 49.4 Å². The van der Waals surface area contributed by atoms with E-state index in [0.717, 1.165) is 32.6 Å². The van der Waals surface area contributed by atoms with Crippen molar-refractivity contribution in [3.8, 4) is 0 Å². The third-order valence-corrected chi connectivity index (χ3v) is 9.78. The van der Waals surface area contributed by atoms with Crippen LogP contribution in [0.4, 0.5) is 5.69 Å². The van der Waals surface area contributed by atoms with Gasteiger partial charge < -0.3 is 14.9 Å². The van der Waals surface area contributed by atoms with E-state index < -0.39 is 0 Å². The number of piperidine rings is 2. The Balaban J connectivity index is 1.57. The fourth-order valence-corrected chi connectivity index (χ4v) is 8.18. The lowest BCUT2D eigenvalue weighted by Gasteiger charge is -2.55. The molecule has 2 saturated heterocycles. The van der Waals surface area contributed by atoms with Crippen LogP contribution in [0.1, 0.15) is 52.5 Å². The zero-order valence-corrected chi connectivity index (χ0v) is 19.6. The molecule has 3 fully saturated rings. The molecule has 1 spiro atoms. The Morgan fingerprint density at radius 3 is 2.60 bits per heavy atom. The highest BCUT2D eigenvalue weighted by Gasteiger charge is 2.72. The van der Waals surface area contributed by atoms with Gasteiger partial charge in [0.15, 0.2) is 0 Å². The zero-order chi connectivity index (χ0) is 21.2. The molecule has 1 aromatic carbocycles. The van der Waals surface area contributed by atoms with Gasteiger partial charge in [0, 0.05) is 49.2 Å². The van der Waals surface area contributed by atoms with Crippen molar-refractivity contribution in [3.63, 3.8) is 0 Å². The summed E-state index contributed by atoms with van der Waals surface area (Å²) in [5, 5.41) is 12.0. The maximum absolute atomic E-state index is 12.0. The number of nitrogens with zero attached hydrogens (tertiary/aromatic N) is 3. The van der Waals surface area contributed by atoms with Crippen molar-refractivity contribution in [3.05, 3.63) is 29.8 Å². The highest BCUT2D eigenvalue weighted by atomic mass is 16.3. The second-order valence-electron chi connectivity index (χ2n) is 10.5. The minimum Gasteiger partial charge on any atom is -0.392 e. The van der Waals surface area contributed by atoms with Gasteiger partial charge in [0.25, 0.3) is 0 Å². The molecule has 3 aliphatic heterocycles. The van der Waals surface area contributed by atoms with Gasteiger partial charge in [0.1, 0.15) is 0 Å². The van der Waals surface area contributed by atoms with Crippen molar-refractivity contribution in [2.24, 2.45) is 17.8 Å². The van der Waals surface area contributed by atoms with E-state index in [2.05, 4.69) is 73.7 Å². The Bertz CT molecular complexity index is 779. The molecule has 1 unspecified atom stereocenters. The van der Waals surface area contributed by atoms with Crippen molar-refractivity contribution in [2.45, 2.75) is 76.6 Å². The molecular formula is C26H41N3O. The summed E-state index contributed by atoms with van der Waals surface area (Å²) in [4.78, 5) is 7.95. The summed E-state index contributed by atoms with van der Waals surface area (Å²) in [5.74, 6) is 1.75. The third kappa shape index (κ3) is 2.56. The second kappa shape index (κ2) is 7.50. The van der Waals surface area contributed by atoms with Crippen LogP contribution in [-0.4, -0.2) is 72.4 Å². The standard InChI is InChI=1S/C26H41N3O/c1-6-17(4)18-15-21-24-26(19-11-9-10-12-20(19)27(24)5)16-22(23(18)25(26)30)29(21)14-13-28(7-2)8-3/h9-12,17-18,21-25,30H,6-8,13-16H2,1-5H3/t17?,18-,21-,22-,23-,24-,25+,26+/m0/s1. The lowest BCUT2D eigenvalue weighted by atomic mass is 9.67. The van der Waals surface area contributed by atoms with Crippen LogP contribution in [0.25, 0.3) is 0 Å². The van der Waals surface area contributed by atoms with Crippen LogP contribution in [0.5, 0.6) is 0 Å². The third-order valence-electron chi connectivity index (χ3n) is 9.78. The van der Waals surface area contributed by atoms with Crippen LogP contribution in [0.2, 0.25) is 0 Å². The Morgan fingerprint density at radius 2 is 1.90 bits per heavy atom. The first-order valence-corrected chi connectivity index (χ1v) is 12.5. The maximum atomic E-state index is 12.0. The van der Waals surface area contributed by atoms with Crippen LogP contribution in [0.3, 0.4) is 0 Å². The van der Waals surface area contributed by atoms with Gasteiger partial charge >= 0.3 is 0 Å². The number of benzene rings is 1. The van der Waals surface area contributed by atoms with Gasteiger partial charge in [-0.1, -0.05) is 52.3 Å². The topological polar surface area (TPSA) is 30.0 Å². The van der Waals surface area contributed by atoms with E-state index >= 15 is 0 Å². The zero-order valence-electron chi connectivity index (χ0n) is 19.6. The molecule has 8 atom stereocenters. The summed E-state index contributed by atoms with van der Waals surface area (Å²) in [6, 6.07) is 10.4. The molecule has 4 heteroatoms. The van der Waals surface area contributed by atoms with Gasteiger partial charge in [-0.3, -0.25) is 4.90 Å². The molecule has 0 amide bonds. The van der Waals surface area contributed by atoms with Gasteiger partial charge in [-0.25, -0.2) is 0 Å². The minimum atomic E-state index is -0.221. The Labute approximate surface area is 183 Å². The average molecular weight is 412 g/mol. The normalized spacial score (nSPS) is 40.2. The molecule has 0 aromatic heterocycles. The van der Waals surface area contributed by atoms with E-state index in [0.29, 0.717) is 35.9 Å². The van der Waals surface area contributed by atoms with E-state index in [1.54, 1.807) is 0 Å². The van der Waals surface area contributed by atoms with Crippen molar-refractivity contribution >= 4 is 5.69 Å². The molecule has 3 bridgehead atoms. The number of hydrogen-bond acceptors (Lipinski definition) is 4. The SMILES string of the molecule is CCC(C)[C@@H]1C[C@H]2[C@@H]3N(C)c4ccccc4[C@]34C[C@@H]([C@H]1[C@H]4O)N2CCN(CC)CC. The average Bonchev–Trinajstić information content (AvgIpc) is 3.14. The molecule has 4 aliphatic rings. The molecule has 1 aliphatic carbocycles. The summed E-state index contributed by atoms with van der Waals surface area (Å²) in [6.45, 7) is 13.9. The highest BCUT2D eigenvalue weighted by molar-refractivity contribution is 5.67. The summed E-state index contributed by atoms with van der Waals surface area (Å²) in [5.41, 5.74) is 2.72. The van der Waals surface area contributed by atoms with E-state index in [4.69, 9.17) is 0 Å². The van der Waals surface area contributed by atoms with E-state index in [1.807, 2.05) is 0 Å². The van der Waals surface area contributed by atoms with E-state index in [9.17, 15) is 5.11 Å². The predicted octanol–water partition coefficient (Wildman–Crippen LogP) is 3.58. The number of hydrogen-bond donors (Lipinski definition) is 1. The lowest BCUT2D eigenvalue weighted by molar-refractivity contribution is -0.0374. The Morgan fingerprint density at radius 1 is 1.17 bits per heavy atom. The van der Waals surface area contributed by atoms with Crippen LogP contribution < -0.4 is 4.90 Å². The number of aliphatic hydroxyl groups is 1. The number of aliphatic hydroxyl groups excluding tert-OH is 1. The molecule has 30 heavy (non-hydrogen) atoms. The van der Waals surface area contributed by atoms with Crippen molar-refractivity contribution < 1.29 is 5.11 Å². The summed E-state index contributed by atoms with van der Waals surface area (Å²) in [7, 11) is 2.29. The van der Waals surface area contributed by atoms with E-state index in [1.165, 1.54) is 24.1 Å². The van der Waals surface area contributed by atoms with Crippen molar-refractivity contribution in [1.82, 2.24) is 9.80 Å². The molecule has 1 saturated carbocycles. The molecule has 4 nitrogen and oxygen atoms in total. The minimum absolute atomic E-state index is 0.0702. The van der Waals surface area contributed by atoms with Gasteiger partial charge in [-0.2, -0.15) is 0 Å². The molecule has 5 rings (SSSR count). The Hall–Kier alpha value is -1.10. The highest BCUT2D eigenvalue weighted by Crippen LogP contribution is 2.66. The molecular weight excluding hydrogens is 370 g/mol. The molecule has 3 heterocycles. The van der Waals surface area contributed by atoms with Crippen molar-refractivity contribution in [1.29, 1.82) is 0 Å². The monoisotopic (exact) mass is 411 g/mol. The van der Waals surface area contributed by atoms with Crippen LogP contribution in [0.15, 0.2) is 24.3 Å².